The molecule has 0 aliphatic carbocycles. The Morgan fingerprint density at radius 3 is 2.43 bits per heavy atom. The van der Waals surface area contributed by atoms with E-state index in [2.05, 4.69) is 43.0 Å². The van der Waals surface area contributed by atoms with E-state index in [9.17, 15) is 5.11 Å². The zero-order valence-electron chi connectivity index (χ0n) is 9.00. The number of hydrogen-bond donors (Lipinski definition) is 1. The lowest BCUT2D eigenvalue weighted by atomic mass is 10.0. The van der Waals surface area contributed by atoms with Crippen molar-refractivity contribution in [3.05, 3.63) is 10.2 Å². The van der Waals surface area contributed by atoms with Crippen LogP contribution < -0.4 is 0 Å². The molecule has 0 amide bonds. The second kappa shape index (κ2) is 7.62. The summed E-state index contributed by atoms with van der Waals surface area (Å²) in [5, 5.41) is 9.83. The minimum atomic E-state index is -0.505. The Kier molecular flexibility index (Phi) is 7.81. The van der Waals surface area contributed by atoms with Crippen LogP contribution >= 0.6 is 22.6 Å². The van der Waals surface area contributed by atoms with Gasteiger partial charge in [-0.3, -0.25) is 0 Å². The standard InChI is InChI=1S/C10H19IO3/c1-7(2)5-9(12)10(8(3)11)14-6-13-4/h7,9-10,12H,3,5-6H2,1-2,4H3/t9-,10+/m0/s1. The Bertz CT molecular complexity index is 171. The summed E-state index contributed by atoms with van der Waals surface area (Å²) in [6.07, 6.45) is -0.136. The third-order valence-electron chi connectivity index (χ3n) is 1.74. The Labute approximate surface area is 99.6 Å². The van der Waals surface area contributed by atoms with Gasteiger partial charge < -0.3 is 14.6 Å². The van der Waals surface area contributed by atoms with E-state index >= 15 is 0 Å². The van der Waals surface area contributed by atoms with Crippen LogP contribution in [0, 0.1) is 5.92 Å². The maximum atomic E-state index is 9.83. The number of hydrogen-bond acceptors (Lipinski definition) is 3. The van der Waals surface area contributed by atoms with Crippen LogP contribution in [-0.4, -0.2) is 31.2 Å². The quantitative estimate of drug-likeness (QED) is 0.579. The van der Waals surface area contributed by atoms with Crippen molar-refractivity contribution < 1.29 is 14.6 Å². The molecule has 0 aromatic rings. The largest absolute Gasteiger partial charge is 0.390 e. The van der Waals surface area contributed by atoms with Crippen molar-refractivity contribution in [2.75, 3.05) is 13.9 Å². The second-order valence-corrected chi connectivity index (χ2v) is 5.02. The minimum absolute atomic E-state index is 0.182. The predicted molar refractivity (Wildman–Crippen MR) is 65.4 cm³/mol. The van der Waals surface area contributed by atoms with Crippen LogP contribution in [0.1, 0.15) is 20.3 Å². The number of aliphatic hydroxyl groups excluding tert-OH is 1. The van der Waals surface area contributed by atoms with Gasteiger partial charge >= 0.3 is 0 Å². The van der Waals surface area contributed by atoms with E-state index in [1.54, 1.807) is 7.11 Å². The lowest BCUT2D eigenvalue weighted by Crippen LogP contribution is -2.31. The minimum Gasteiger partial charge on any atom is -0.390 e. The molecule has 2 atom stereocenters. The molecule has 4 heteroatoms. The summed E-state index contributed by atoms with van der Waals surface area (Å²) in [6, 6.07) is 0. The third-order valence-corrected chi connectivity index (χ3v) is 2.35. The molecule has 0 spiro atoms. The van der Waals surface area contributed by atoms with Gasteiger partial charge in [-0.25, -0.2) is 0 Å². The van der Waals surface area contributed by atoms with Crippen molar-refractivity contribution in [2.24, 2.45) is 5.92 Å². The van der Waals surface area contributed by atoms with Crippen LogP contribution in [0.25, 0.3) is 0 Å². The first kappa shape index (κ1) is 14.3. The fraction of sp³-hybridized carbons (Fsp3) is 0.800. The van der Waals surface area contributed by atoms with Gasteiger partial charge in [0.15, 0.2) is 0 Å². The second-order valence-electron chi connectivity index (χ2n) is 3.64. The lowest BCUT2D eigenvalue weighted by Gasteiger charge is -2.23. The predicted octanol–water partition coefficient (Wildman–Crippen LogP) is 2.33. The molecule has 0 saturated heterocycles. The Hall–Kier alpha value is 0.350. The number of methoxy groups -OCH3 is 1. The van der Waals surface area contributed by atoms with Gasteiger partial charge in [0.25, 0.3) is 0 Å². The number of rotatable bonds is 7. The molecule has 0 fully saturated rings. The topological polar surface area (TPSA) is 38.7 Å². The smallest absolute Gasteiger partial charge is 0.147 e. The average Bonchev–Trinajstić information content (AvgIpc) is 2.02. The molecular formula is C10H19IO3. The molecule has 0 aliphatic rings. The van der Waals surface area contributed by atoms with E-state index in [1.807, 2.05) is 0 Å². The van der Waals surface area contributed by atoms with E-state index in [0.717, 1.165) is 3.58 Å². The monoisotopic (exact) mass is 314 g/mol. The van der Waals surface area contributed by atoms with Gasteiger partial charge in [0.2, 0.25) is 0 Å². The number of halogens is 1. The first-order valence-corrected chi connectivity index (χ1v) is 5.69. The van der Waals surface area contributed by atoms with Crippen molar-refractivity contribution in [3.63, 3.8) is 0 Å². The molecular weight excluding hydrogens is 295 g/mol. The van der Waals surface area contributed by atoms with Crippen molar-refractivity contribution in [2.45, 2.75) is 32.5 Å². The van der Waals surface area contributed by atoms with E-state index in [1.165, 1.54) is 0 Å². The van der Waals surface area contributed by atoms with Gasteiger partial charge in [0, 0.05) is 10.7 Å². The van der Waals surface area contributed by atoms with Gasteiger partial charge in [-0.1, -0.05) is 20.4 Å². The van der Waals surface area contributed by atoms with Crippen molar-refractivity contribution in [1.29, 1.82) is 0 Å². The van der Waals surface area contributed by atoms with Crippen LogP contribution in [-0.2, 0) is 9.47 Å². The molecule has 0 heterocycles. The lowest BCUT2D eigenvalue weighted by molar-refractivity contribution is -0.0969. The Balaban J connectivity index is 4.11. The van der Waals surface area contributed by atoms with Crippen LogP contribution in [0.5, 0.6) is 0 Å². The summed E-state index contributed by atoms with van der Waals surface area (Å²) < 4.78 is 10.9. The molecule has 0 unspecified atom stereocenters. The maximum Gasteiger partial charge on any atom is 0.147 e. The molecule has 84 valence electrons. The Morgan fingerprint density at radius 1 is 1.50 bits per heavy atom. The average molecular weight is 314 g/mol. The highest BCUT2D eigenvalue weighted by atomic mass is 127. The van der Waals surface area contributed by atoms with Crippen LogP contribution in [0.4, 0.5) is 0 Å². The highest BCUT2D eigenvalue weighted by Crippen LogP contribution is 2.20. The van der Waals surface area contributed by atoms with Crippen molar-refractivity contribution in [3.8, 4) is 0 Å². The molecule has 0 aliphatic heterocycles. The summed E-state index contributed by atoms with van der Waals surface area (Å²) in [5.41, 5.74) is 0. The van der Waals surface area contributed by atoms with Crippen LogP contribution in [0.2, 0.25) is 0 Å². The maximum absolute atomic E-state index is 9.83. The van der Waals surface area contributed by atoms with E-state index in [-0.39, 0.29) is 12.9 Å². The first-order valence-electron chi connectivity index (χ1n) is 4.62. The number of aliphatic hydroxyl groups is 1. The van der Waals surface area contributed by atoms with Gasteiger partial charge in [0.1, 0.15) is 12.9 Å². The Morgan fingerprint density at radius 2 is 2.07 bits per heavy atom. The molecule has 14 heavy (non-hydrogen) atoms. The molecule has 0 bridgehead atoms. The molecule has 1 N–H and O–H groups in total. The highest BCUT2D eigenvalue weighted by Gasteiger charge is 2.22. The molecule has 0 aromatic heterocycles. The van der Waals surface area contributed by atoms with E-state index in [4.69, 9.17) is 9.47 Å². The summed E-state index contributed by atoms with van der Waals surface area (Å²) in [4.78, 5) is 0. The fourth-order valence-electron chi connectivity index (χ4n) is 1.16. The molecule has 3 nitrogen and oxygen atoms in total. The van der Waals surface area contributed by atoms with Crippen molar-refractivity contribution in [1.82, 2.24) is 0 Å². The molecule has 0 aromatic carbocycles. The van der Waals surface area contributed by atoms with Gasteiger partial charge in [-0.2, -0.15) is 0 Å². The summed E-state index contributed by atoms with van der Waals surface area (Å²) in [5.74, 6) is 0.439. The van der Waals surface area contributed by atoms with Gasteiger partial charge in [-0.15, -0.1) is 0 Å². The number of ether oxygens (including phenoxy) is 2. The van der Waals surface area contributed by atoms with Crippen LogP contribution in [0.3, 0.4) is 0 Å². The van der Waals surface area contributed by atoms with E-state index < -0.39 is 6.10 Å². The van der Waals surface area contributed by atoms with Crippen LogP contribution in [0.15, 0.2) is 10.2 Å². The highest BCUT2D eigenvalue weighted by molar-refractivity contribution is 14.1. The molecule has 0 radical (unpaired) electrons. The fourth-order valence-corrected chi connectivity index (χ4v) is 1.75. The summed E-state index contributed by atoms with van der Waals surface area (Å²) in [6.45, 7) is 8.09. The van der Waals surface area contributed by atoms with Gasteiger partial charge in [0.05, 0.1) is 6.10 Å². The SMILES string of the molecule is C=C(I)[C@@H](OCOC)[C@@H](O)CC(C)C. The zero-order valence-corrected chi connectivity index (χ0v) is 11.2. The summed E-state index contributed by atoms with van der Waals surface area (Å²) in [7, 11) is 1.56. The third kappa shape index (κ3) is 5.95. The molecule has 0 rings (SSSR count). The first-order chi connectivity index (χ1) is 6.49. The van der Waals surface area contributed by atoms with E-state index in [0.29, 0.717) is 12.3 Å². The molecule has 0 saturated carbocycles. The van der Waals surface area contributed by atoms with Crippen molar-refractivity contribution >= 4 is 22.6 Å². The summed E-state index contributed by atoms with van der Waals surface area (Å²) >= 11 is 2.07. The van der Waals surface area contributed by atoms with Gasteiger partial charge in [-0.05, 0) is 34.9 Å². The normalized spacial score (nSPS) is 15.6. The zero-order chi connectivity index (χ0) is 11.1.